The van der Waals surface area contributed by atoms with E-state index in [1.807, 2.05) is 83.8 Å². The molecule has 170 valence electrons. The summed E-state index contributed by atoms with van der Waals surface area (Å²) in [6.07, 6.45) is 0.892. The highest BCUT2D eigenvalue weighted by Gasteiger charge is 2.27. The van der Waals surface area contributed by atoms with Gasteiger partial charge >= 0.3 is 12.1 Å². The lowest BCUT2D eigenvalue weighted by molar-refractivity contribution is 0.192. The largest absolute Gasteiger partial charge is 0.324 e. The van der Waals surface area contributed by atoms with E-state index in [-0.39, 0.29) is 12.1 Å². The van der Waals surface area contributed by atoms with Crippen molar-refractivity contribution in [2.75, 3.05) is 28.6 Å². The first kappa shape index (κ1) is 22.4. The van der Waals surface area contributed by atoms with Crippen LogP contribution in [-0.4, -0.2) is 30.1 Å². The molecule has 0 bridgehead atoms. The Morgan fingerprint density at radius 2 is 1.61 bits per heavy atom. The number of nitrogens with zero attached hydrogens (tertiary/aromatic N) is 2. The lowest BCUT2D eigenvalue weighted by Gasteiger charge is -2.35. The highest BCUT2D eigenvalue weighted by atomic mass is 16.2. The maximum Gasteiger partial charge on any atom is 0.324 e. The molecule has 1 saturated heterocycles. The highest BCUT2D eigenvalue weighted by Crippen LogP contribution is 2.25. The van der Waals surface area contributed by atoms with Crippen molar-refractivity contribution in [2.45, 2.75) is 32.7 Å². The Morgan fingerprint density at radius 3 is 2.33 bits per heavy atom. The van der Waals surface area contributed by atoms with Gasteiger partial charge in [-0.3, -0.25) is 4.90 Å². The van der Waals surface area contributed by atoms with Crippen molar-refractivity contribution < 1.29 is 9.59 Å². The first-order valence-electron chi connectivity index (χ1n) is 11.4. The zero-order chi connectivity index (χ0) is 23.2. The predicted molar refractivity (Wildman–Crippen MR) is 134 cm³/mol. The molecule has 0 aliphatic carbocycles. The summed E-state index contributed by atoms with van der Waals surface area (Å²) in [6, 6.07) is 24.9. The average Bonchev–Trinajstić information content (AvgIpc) is 2.81. The molecule has 4 rings (SSSR count). The predicted octanol–water partition coefficient (Wildman–Crippen LogP) is 6.29. The van der Waals surface area contributed by atoms with Crippen molar-refractivity contribution in [3.05, 3.63) is 90.0 Å². The van der Waals surface area contributed by atoms with Crippen LogP contribution in [0.2, 0.25) is 0 Å². The van der Waals surface area contributed by atoms with Crippen LogP contribution in [0.25, 0.3) is 0 Å². The third-order valence-corrected chi connectivity index (χ3v) is 5.78. The highest BCUT2D eigenvalue weighted by molar-refractivity contribution is 6.00. The van der Waals surface area contributed by atoms with Gasteiger partial charge in [-0.25, -0.2) is 9.59 Å². The van der Waals surface area contributed by atoms with Crippen LogP contribution < -0.4 is 15.5 Å². The van der Waals surface area contributed by atoms with Gasteiger partial charge in [0, 0.05) is 36.7 Å². The first-order valence-corrected chi connectivity index (χ1v) is 11.4. The fourth-order valence-electron chi connectivity index (χ4n) is 3.97. The minimum absolute atomic E-state index is 0.0167. The van der Waals surface area contributed by atoms with Gasteiger partial charge in [-0.1, -0.05) is 62.4 Å². The first-order chi connectivity index (χ1) is 16.0. The number of anilines is 3. The molecule has 0 aromatic heterocycles. The van der Waals surface area contributed by atoms with E-state index in [1.165, 1.54) is 5.56 Å². The number of benzene rings is 3. The third kappa shape index (κ3) is 5.71. The summed E-state index contributed by atoms with van der Waals surface area (Å²) < 4.78 is 0. The van der Waals surface area contributed by atoms with Gasteiger partial charge in [0.2, 0.25) is 0 Å². The Bertz CT molecular complexity index is 1100. The van der Waals surface area contributed by atoms with Gasteiger partial charge in [0.15, 0.2) is 0 Å². The lowest BCUT2D eigenvalue weighted by atomic mass is 10.0. The Hall–Kier alpha value is -3.80. The number of rotatable bonds is 6. The zero-order valence-corrected chi connectivity index (χ0v) is 19.1. The maximum absolute atomic E-state index is 13.1. The minimum atomic E-state index is -0.319. The summed E-state index contributed by atoms with van der Waals surface area (Å²) in [5.74, 6) is 0.441. The summed E-state index contributed by atoms with van der Waals surface area (Å²) >= 11 is 0. The van der Waals surface area contributed by atoms with Crippen molar-refractivity contribution in [3.8, 4) is 0 Å². The van der Waals surface area contributed by atoms with Crippen LogP contribution in [0.1, 0.15) is 37.3 Å². The van der Waals surface area contributed by atoms with Gasteiger partial charge in [0.1, 0.15) is 0 Å². The van der Waals surface area contributed by atoms with E-state index in [1.54, 1.807) is 4.90 Å². The van der Waals surface area contributed by atoms with E-state index in [2.05, 4.69) is 24.5 Å². The smallest absolute Gasteiger partial charge is 0.320 e. The molecule has 0 spiro atoms. The Morgan fingerprint density at radius 1 is 0.879 bits per heavy atom. The molecular weight excluding hydrogens is 412 g/mol. The molecule has 0 saturated carbocycles. The van der Waals surface area contributed by atoms with E-state index in [9.17, 15) is 9.59 Å². The molecule has 1 aliphatic rings. The van der Waals surface area contributed by atoms with Crippen LogP contribution in [0.5, 0.6) is 0 Å². The Labute approximate surface area is 195 Å². The molecule has 3 aromatic carbocycles. The lowest BCUT2D eigenvalue weighted by Crippen LogP contribution is -2.49. The number of amides is 4. The summed E-state index contributed by atoms with van der Waals surface area (Å²) in [5.41, 5.74) is 4.48. The molecule has 2 N–H and O–H groups in total. The second-order valence-electron chi connectivity index (χ2n) is 8.60. The molecule has 4 amide bonds. The molecule has 1 heterocycles. The second-order valence-corrected chi connectivity index (χ2v) is 8.60. The van der Waals surface area contributed by atoms with Crippen molar-refractivity contribution in [2.24, 2.45) is 0 Å². The van der Waals surface area contributed by atoms with Gasteiger partial charge in [0.25, 0.3) is 0 Å². The molecule has 1 fully saturated rings. The summed E-state index contributed by atoms with van der Waals surface area (Å²) in [7, 11) is 0. The van der Waals surface area contributed by atoms with Gasteiger partial charge < -0.3 is 15.5 Å². The number of urea groups is 2. The SMILES string of the molecule is CC(C)c1ccc(NC(=O)Nc2cccc(N3CCCN(Cc4ccccc4)C3=O)c2)cc1. The summed E-state index contributed by atoms with van der Waals surface area (Å²) in [5, 5.41) is 5.73. The molecule has 0 unspecified atom stereocenters. The second kappa shape index (κ2) is 10.2. The van der Waals surface area contributed by atoms with Crippen LogP contribution in [0, 0.1) is 0 Å². The minimum Gasteiger partial charge on any atom is -0.320 e. The van der Waals surface area contributed by atoms with Crippen molar-refractivity contribution in [1.29, 1.82) is 0 Å². The summed E-state index contributed by atoms with van der Waals surface area (Å²) in [4.78, 5) is 29.3. The van der Waals surface area contributed by atoms with Gasteiger partial charge in [0.05, 0.1) is 0 Å². The van der Waals surface area contributed by atoms with Crippen LogP contribution in [-0.2, 0) is 6.54 Å². The topological polar surface area (TPSA) is 64.7 Å². The molecular formula is C27H30N4O2. The van der Waals surface area contributed by atoms with Crippen molar-refractivity contribution in [3.63, 3.8) is 0 Å². The van der Waals surface area contributed by atoms with E-state index in [0.29, 0.717) is 24.7 Å². The Kier molecular flexibility index (Phi) is 6.93. The number of hydrogen-bond donors (Lipinski definition) is 2. The third-order valence-electron chi connectivity index (χ3n) is 5.78. The van der Waals surface area contributed by atoms with Crippen LogP contribution >= 0.6 is 0 Å². The molecule has 33 heavy (non-hydrogen) atoms. The van der Waals surface area contributed by atoms with Crippen molar-refractivity contribution >= 4 is 29.1 Å². The van der Waals surface area contributed by atoms with E-state index >= 15 is 0 Å². The normalized spacial score (nSPS) is 13.8. The van der Waals surface area contributed by atoms with Gasteiger partial charge in [-0.15, -0.1) is 0 Å². The molecule has 3 aromatic rings. The maximum atomic E-state index is 13.1. The van der Waals surface area contributed by atoms with Crippen LogP contribution in [0.3, 0.4) is 0 Å². The van der Waals surface area contributed by atoms with E-state index in [0.717, 1.165) is 29.9 Å². The molecule has 0 atom stereocenters. The van der Waals surface area contributed by atoms with E-state index < -0.39 is 0 Å². The zero-order valence-electron chi connectivity index (χ0n) is 19.1. The molecule has 6 heteroatoms. The average molecular weight is 443 g/mol. The number of hydrogen-bond acceptors (Lipinski definition) is 2. The number of carbonyl (C=O) groups excluding carboxylic acids is 2. The quantitative estimate of drug-likeness (QED) is 0.471. The molecule has 1 aliphatic heterocycles. The fourth-order valence-corrected chi connectivity index (χ4v) is 3.97. The van der Waals surface area contributed by atoms with E-state index in [4.69, 9.17) is 0 Å². The van der Waals surface area contributed by atoms with Crippen LogP contribution in [0.15, 0.2) is 78.9 Å². The Balaban J connectivity index is 1.40. The van der Waals surface area contributed by atoms with Gasteiger partial charge in [-0.2, -0.15) is 0 Å². The van der Waals surface area contributed by atoms with Crippen LogP contribution in [0.4, 0.5) is 26.7 Å². The standard InChI is InChI=1S/C27H30N4O2/c1-20(2)22-12-14-23(15-13-22)28-26(32)29-24-10-6-11-25(18-24)31-17-7-16-30(27(31)33)19-21-8-4-3-5-9-21/h3-6,8-15,18,20H,7,16-17,19H2,1-2H3,(H2,28,29,32). The number of nitrogens with one attached hydrogen (secondary N) is 2. The van der Waals surface area contributed by atoms with Gasteiger partial charge in [-0.05, 0) is 53.8 Å². The monoisotopic (exact) mass is 442 g/mol. The summed E-state index contributed by atoms with van der Waals surface area (Å²) in [6.45, 7) is 6.25. The molecule has 6 nitrogen and oxygen atoms in total. The fraction of sp³-hybridized carbons (Fsp3) is 0.259. The number of carbonyl (C=O) groups is 2. The molecule has 0 radical (unpaired) electrons. The van der Waals surface area contributed by atoms with Crippen molar-refractivity contribution in [1.82, 2.24) is 4.90 Å².